The van der Waals surface area contributed by atoms with Crippen LogP contribution in [0.2, 0.25) is 5.02 Å². The molecule has 0 aliphatic heterocycles. The average Bonchev–Trinajstić information content (AvgIpc) is 3.29. The van der Waals surface area contributed by atoms with Crippen LogP contribution in [0.4, 0.5) is 5.69 Å². The SMILES string of the molecule is Cc1ccc(Cl)cc1NC(=O)C(C)Sc1nnc(C(C)C)n1Cc1ccco1. The molecule has 6 nitrogen and oxygen atoms in total. The van der Waals surface area contributed by atoms with E-state index in [1.807, 2.05) is 36.6 Å². The number of furan rings is 1. The Bertz CT molecular complexity index is 953. The van der Waals surface area contributed by atoms with Crippen LogP contribution in [0.5, 0.6) is 0 Å². The molecule has 0 bridgehead atoms. The average molecular weight is 419 g/mol. The highest BCUT2D eigenvalue weighted by atomic mass is 35.5. The molecule has 1 aromatic carbocycles. The Morgan fingerprint density at radius 1 is 1.29 bits per heavy atom. The van der Waals surface area contributed by atoms with Crippen LogP contribution in [-0.4, -0.2) is 25.9 Å². The summed E-state index contributed by atoms with van der Waals surface area (Å²) in [7, 11) is 0. The van der Waals surface area contributed by atoms with Gasteiger partial charge in [0.05, 0.1) is 18.1 Å². The summed E-state index contributed by atoms with van der Waals surface area (Å²) in [5, 5.41) is 12.5. The number of carbonyl (C=O) groups is 1. The van der Waals surface area contributed by atoms with E-state index < -0.39 is 0 Å². The molecule has 1 atom stereocenters. The lowest BCUT2D eigenvalue weighted by molar-refractivity contribution is -0.115. The van der Waals surface area contributed by atoms with Crippen LogP contribution in [0.1, 0.15) is 43.8 Å². The number of hydrogen-bond acceptors (Lipinski definition) is 5. The minimum Gasteiger partial charge on any atom is -0.467 e. The van der Waals surface area contributed by atoms with Gasteiger partial charge in [0.25, 0.3) is 0 Å². The van der Waals surface area contributed by atoms with Gasteiger partial charge in [0.15, 0.2) is 5.16 Å². The summed E-state index contributed by atoms with van der Waals surface area (Å²) < 4.78 is 7.48. The van der Waals surface area contributed by atoms with Crippen molar-refractivity contribution in [3.63, 3.8) is 0 Å². The molecule has 0 spiro atoms. The van der Waals surface area contributed by atoms with Crippen molar-refractivity contribution in [3.8, 4) is 0 Å². The van der Waals surface area contributed by atoms with E-state index in [0.29, 0.717) is 22.4 Å². The molecule has 0 fully saturated rings. The number of hydrogen-bond donors (Lipinski definition) is 1. The second kappa shape index (κ2) is 8.84. The number of thioether (sulfide) groups is 1. The first kappa shape index (κ1) is 20.5. The van der Waals surface area contributed by atoms with Crippen LogP contribution in [-0.2, 0) is 11.3 Å². The first-order valence-electron chi connectivity index (χ1n) is 9.04. The van der Waals surface area contributed by atoms with Gasteiger partial charge in [0.1, 0.15) is 11.6 Å². The Morgan fingerprint density at radius 2 is 2.07 bits per heavy atom. The van der Waals surface area contributed by atoms with E-state index in [2.05, 4.69) is 29.4 Å². The molecule has 0 saturated carbocycles. The lowest BCUT2D eigenvalue weighted by Gasteiger charge is -2.15. The van der Waals surface area contributed by atoms with Crippen LogP contribution in [0.3, 0.4) is 0 Å². The molecule has 1 amide bonds. The molecule has 1 N–H and O–H groups in total. The van der Waals surface area contributed by atoms with Crippen molar-refractivity contribution < 1.29 is 9.21 Å². The maximum absolute atomic E-state index is 12.7. The van der Waals surface area contributed by atoms with Gasteiger partial charge in [-0.3, -0.25) is 9.36 Å². The van der Waals surface area contributed by atoms with Gasteiger partial charge in [0, 0.05) is 16.6 Å². The number of nitrogens with zero attached hydrogens (tertiary/aromatic N) is 3. The Balaban J connectivity index is 1.76. The zero-order valence-corrected chi connectivity index (χ0v) is 17.8. The Morgan fingerprint density at radius 3 is 2.75 bits per heavy atom. The number of rotatable bonds is 7. The van der Waals surface area contributed by atoms with Gasteiger partial charge >= 0.3 is 0 Å². The number of amides is 1. The molecule has 3 aromatic rings. The Labute approximate surface area is 173 Å². The van der Waals surface area contributed by atoms with Gasteiger partial charge < -0.3 is 9.73 Å². The maximum atomic E-state index is 12.7. The van der Waals surface area contributed by atoms with E-state index in [4.69, 9.17) is 16.0 Å². The van der Waals surface area contributed by atoms with Crippen LogP contribution in [0.25, 0.3) is 0 Å². The Kier molecular flexibility index (Phi) is 6.46. The number of carbonyl (C=O) groups excluding carboxylic acids is 1. The summed E-state index contributed by atoms with van der Waals surface area (Å²) in [6.07, 6.45) is 1.64. The molecular weight excluding hydrogens is 396 g/mol. The zero-order chi connectivity index (χ0) is 20.3. The molecule has 0 aliphatic carbocycles. The quantitative estimate of drug-likeness (QED) is 0.539. The van der Waals surface area contributed by atoms with Crippen LogP contribution in [0, 0.1) is 6.92 Å². The molecule has 28 heavy (non-hydrogen) atoms. The monoisotopic (exact) mass is 418 g/mol. The highest BCUT2D eigenvalue weighted by Gasteiger charge is 2.22. The van der Waals surface area contributed by atoms with Crippen molar-refractivity contribution in [3.05, 3.63) is 58.8 Å². The summed E-state index contributed by atoms with van der Waals surface area (Å²) in [4.78, 5) is 12.7. The van der Waals surface area contributed by atoms with Crippen molar-refractivity contribution in [2.75, 3.05) is 5.32 Å². The zero-order valence-electron chi connectivity index (χ0n) is 16.3. The van der Waals surface area contributed by atoms with E-state index >= 15 is 0 Å². The number of anilines is 1. The molecule has 3 rings (SSSR count). The first-order chi connectivity index (χ1) is 13.3. The van der Waals surface area contributed by atoms with Crippen LogP contribution in [0.15, 0.2) is 46.2 Å². The van der Waals surface area contributed by atoms with Gasteiger partial charge in [0.2, 0.25) is 5.91 Å². The van der Waals surface area contributed by atoms with Gasteiger partial charge in [-0.25, -0.2) is 0 Å². The molecular formula is C20H23ClN4O2S. The fraction of sp³-hybridized carbons (Fsp3) is 0.350. The van der Waals surface area contributed by atoms with Crippen molar-refractivity contribution in [2.24, 2.45) is 0 Å². The van der Waals surface area contributed by atoms with Crippen molar-refractivity contribution in [1.82, 2.24) is 14.8 Å². The molecule has 0 aliphatic rings. The molecule has 1 unspecified atom stereocenters. The molecule has 148 valence electrons. The minimum absolute atomic E-state index is 0.117. The number of nitrogens with one attached hydrogen (secondary N) is 1. The maximum Gasteiger partial charge on any atom is 0.237 e. The fourth-order valence-electron chi connectivity index (χ4n) is 2.70. The largest absolute Gasteiger partial charge is 0.467 e. The predicted molar refractivity (Wildman–Crippen MR) is 112 cm³/mol. The molecule has 2 heterocycles. The summed E-state index contributed by atoms with van der Waals surface area (Å²) in [6.45, 7) is 8.43. The van der Waals surface area contributed by atoms with Crippen LogP contribution < -0.4 is 5.32 Å². The van der Waals surface area contributed by atoms with Crippen molar-refractivity contribution in [1.29, 1.82) is 0 Å². The van der Waals surface area contributed by atoms with Gasteiger partial charge in [-0.2, -0.15) is 0 Å². The molecule has 0 radical (unpaired) electrons. The molecule has 8 heteroatoms. The summed E-state index contributed by atoms with van der Waals surface area (Å²) in [5.74, 6) is 1.76. The number of aromatic nitrogens is 3. The van der Waals surface area contributed by atoms with E-state index in [-0.39, 0.29) is 17.1 Å². The van der Waals surface area contributed by atoms with Crippen molar-refractivity contribution in [2.45, 2.75) is 50.6 Å². The summed E-state index contributed by atoms with van der Waals surface area (Å²) in [6, 6.07) is 9.20. The second-order valence-electron chi connectivity index (χ2n) is 6.87. The third-order valence-electron chi connectivity index (χ3n) is 4.26. The summed E-state index contributed by atoms with van der Waals surface area (Å²) in [5.41, 5.74) is 1.67. The topological polar surface area (TPSA) is 73.0 Å². The fourth-order valence-corrected chi connectivity index (χ4v) is 3.72. The molecule has 0 saturated heterocycles. The smallest absolute Gasteiger partial charge is 0.237 e. The van der Waals surface area contributed by atoms with Gasteiger partial charge in [-0.15, -0.1) is 10.2 Å². The third kappa shape index (κ3) is 4.77. The summed E-state index contributed by atoms with van der Waals surface area (Å²) >= 11 is 7.41. The van der Waals surface area contributed by atoms with E-state index in [1.54, 1.807) is 18.4 Å². The lowest BCUT2D eigenvalue weighted by atomic mass is 10.2. The predicted octanol–water partition coefficient (Wildman–Crippen LogP) is 5.12. The van der Waals surface area contributed by atoms with Gasteiger partial charge in [-0.05, 0) is 43.7 Å². The number of aryl methyl sites for hydroxylation is 1. The standard InChI is InChI=1S/C20H23ClN4O2S/c1-12(2)18-23-24-20(25(18)11-16-6-5-9-27-16)28-14(4)19(26)22-17-10-15(21)8-7-13(17)3/h5-10,12,14H,11H2,1-4H3,(H,22,26). The van der Waals surface area contributed by atoms with Crippen molar-refractivity contribution >= 4 is 35.0 Å². The minimum atomic E-state index is -0.363. The number of benzene rings is 1. The van der Waals surface area contributed by atoms with Gasteiger partial charge in [-0.1, -0.05) is 43.3 Å². The highest BCUT2D eigenvalue weighted by Crippen LogP contribution is 2.28. The van der Waals surface area contributed by atoms with E-state index in [9.17, 15) is 4.79 Å². The van der Waals surface area contributed by atoms with E-state index in [1.165, 1.54) is 11.8 Å². The third-order valence-corrected chi connectivity index (χ3v) is 5.58. The second-order valence-corrected chi connectivity index (χ2v) is 8.61. The first-order valence-corrected chi connectivity index (χ1v) is 10.3. The highest BCUT2D eigenvalue weighted by molar-refractivity contribution is 8.00. The number of halogens is 1. The lowest BCUT2D eigenvalue weighted by Crippen LogP contribution is -2.23. The van der Waals surface area contributed by atoms with E-state index in [0.717, 1.165) is 17.1 Å². The normalized spacial score (nSPS) is 12.4. The van der Waals surface area contributed by atoms with Crippen LogP contribution >= 0.6 is 23.4 Å². The molecule has 2 aromatic heterocycles. The Hall–Kier alpha value is -2.25.